The van der Waals surface area contributed by atoms with E-state index in [2.05, 4.69) is 15.3 Å². The van der Waals surface area contributed by atoms with E-state index in [-0.39, 0.29) is 47.4 Å². The number of fused-ring (bicyclic) bond motifs is 1. The summed E-state index contributed by atoms with van der Waals surface area (Å²) in [4.78, 5) is 31.6. The van der Waals surface area contributed by atoms with E-state index in [1.165, 1.54) is 6.20 Å². The molecule has 2 aromatic heterocycles. The van der Waals surface area contributed by atoms with Gasteiger partial charge >= 0.3 is 6.09 Å². The molecule has 0 saturated carbocycles. The third kappa shape index (κ3) is 3.78. The molecule has 0 aliphatic heterocycles. The topological polar surface area (TPSA) is 121 Å². The molecule has 0 unspecified atom stereocenters. The van der Waals surface area contributed by atoms with E-state index in [0.717, 1.165) is 29.0 Å². The third-order valence-corrected chi connectivity index (χ3v) is 3.93. The van der Waals surface area contributed by atoms with Gasteiger partial charge in [0.05, 0.1) is 34.5 Å². The molecule has 0 saturated heterocycles. The second kappa shape index (κ2) is 7.79. The van der Waals surface area contributed by atoms with Crippen molar-refractivity contribution in [1.82, 2.24) is 19.9 Å². The fourth-order valence-electron chi connectivity index (χ4n) is 2.78. The lowest BCUT2D eigenvalue weighted by molar-refractivity contribution is 0.194. The van der Waals surface area contributed by atoms with Crippen molar-refractivity contribution < 1.29 is 18.7 Å². The number of hydrogen-bond acceptors (Lipinski definition) is 5. The molecule has 0 bridgehead atoms. The molecule has 3 aromatic rings. The molecular formula is C18H13F2N5O3. The second-order valence-electron chi connectivity index (χ2n) is 5.83. The number of benzene rings is 1. The number of rotatable bonds is 5. The molecule has 10 heteroatoms. The first-order chi connectivity index (χ1) is 13.4. The van der Waals surface area contributed by atoms with Gasteiger partial charge in [0.2, 0.25) is 0 Å². The highest BCUT2D eigenvalue weighted by Gasteiger charge is 2.17. The summed E-state index contributed by atoms with van der Waals surface area (Å²) in [6.07, 6.45) is 1.45. The maximum atomic E-state index is 13.8. The Kier molecular flexibility index (Phi) is 5.26. The molecule has 0 spiro atoms. The van der Waals surface area contributed by atoms with Gasteiger partial charge in [0.25, 0.3) is 5.56 Å². The smallest absolute Gasteiger partial charge is 0.404 e. The minimum atomic E-state index is -1.19. The number of carbonyl (C=O) groups is 1. The van der Waals surface area contributed by atoms with Gasteiger partial charge in [0.15, 0.2) is 0 Å². The maximum absolute atomic E-state index is 13.8. The van der Waals surface area contributed by atoms with E-state index in [9.17, 15) is 23.6 Å². The maximum Gasteiger partial charge on any atom is 0.404 e. The van der Waals surface area contributed by atoms with Crippen LogP contribution in [0.3, 0.4) is 0 Å². The summed E-state index contributed by atoms with van der Waals surface area (Å²) < 4.78 is 28.5. The minimum absolute atomic E-state index is 0.0238. The average molecular weight is 385 g/mol. The summed E-state index contributed by atoms with van der Waals surface area (Å²) >= 11 is 0. The molecule has 28 heavy (non-hydrogen) atoms. The van der Waals surface area contributed by atoms with Gasteiger partial charge < -0.3 is 10.4 Å². The summed E-state index contributed by atoms with van der Waals surface area (Å²) in [5.74, 6) is -1.29. The van der Waals surface area contributed by atoms with Crippen LogP contribution in [0.2, 0.25) is 0 Å². The molecule has 142 valence electrons. The first kappa shape index (κ1) is 18.9. The zero-order valence-corrected chi connectivity index (χ0v) is 14.3. The average Bonchev–Trinajstić information content (AvgIpc) is 2.65. The highest BCUT2D eigenvalue weighted by Crippen LogP contribution is 2.19. The van der Waals surface area contributed by atoms with Crippen LogP contribution >= 0.6 is 0 Å². The van der Waals surface area contributed by atoms with Gasteiger partial charge in [-0.15, -0.1) is 0 Å². The molecule has 0 aliphatic rings. The number of nitrogens with one attached hydrogen (secondary N) is 1. The van der Waals surface area contributed by atoms with E-state index < -0.39 is 23.3 Å². The lowest BCUT2D eigenvalue weighted by atomic mass is 10.1. The Hall–Kier alpha value is -3.87. The number of carboxylic acid groups (broad SMARTS) is 1. The Bertz CT molecular complexity index is 1170. The highest BCUT2D eigenvalue weighted by atomic mass is 19.1. The zero-order valence-electron chi connectivity index (χ0n) is 14.3. The third-order valence-electron chi connectivity index (χ3n) is 3.93. The van der Waals surface area contributed by atoms with Crippen LogP contribution in [0.4, 0.5) is 13.6 Å². The number of pyridine rings is 1. The fourth-order valence-corrected chi connectivity index (χ4v) is 2.78. The van der Waals surface area contributed by atoms with Crippen molar-refractivity contribution >= 4 is 17.0 Å². The molecule has 2 heterocycles. The van der Waals surface area contributed by atoms with E-state index in [0.29, 0.717) is 0 Å². The Labute approximate surface area is 156 Å². The molecule has 3 rings (SSSR count). The van der Waals surface area contributed by atoms with Crippen LogP contribution in [-0.4, -0.2) is 32.3 Å². The second-order valence-corrected chi connectivity index (χ2v) is 5.83. The van der Waals surface area contributed by atoms with E-state index in [1.54, 1.807) is 6.07 Å². The van der Waals surface area contributed by atoms with Crippen molar-refractivity contribution in [2.45, 2.75) is 12.8 Å². The lowest BCUT2D eigenvalue weighted by Gasteiger charge is -2.14. The van der Waals surface area contributed by atoms with Crippen LogP contribution in [0.5, 0.6) is 0 Å². The van der Waals surface area contributed by atoms with Gasteiger partial charge in [-0.3, -0.25) is 14.3 Å². The van der Waals surface area contributed by atoms with Crippen LogP contribution in [-0.2, 0) is 6.42 Å². The van der Waals surface area contributed by atoms with E-state index in [1.807, 2.05) is 0 Å². The molecular weight excluding hydrogens is 372 g/mol. The van der Waals surface area contributed by atoms with Crippen LogP contribution in [0.25, 0.3) is 16.6 Å². The molecule has 1 aromatic carbocycles. The number of nitrogens with zero attached hydrogens (tertiary/aromatic N) is 4. The van der Waals surface area contributed by atoms with E-state index >= 15 is 0 Å². The van der Waals surface area contributed by atoms with E-state index in [4.69, 9.17) is 5.11 Å². The molecule has 0 atom stereocenters. The van der Waals surface area contributed by atoms with Gasteiger partial charge in [0, 0.05) is 19.0 Å². The van der Waals surface area contributed by atoms with Gasteiger partial charge in [-0.1, -0.05) is 0 Å². The van der Waals surface area contributed by atoms with Crippen molar-refractivity contribution in [3.63, 3.8) is 0 Å². The predicted molar refractivity (Wildman–Crippen MR) is 94.1 cm³/mol. The number of amides is 1. The van der Waals surface area contributed by atoms with Crippen molar-refractivity contribution in [2.24, 2.45) is 0 Å². The molecule has 2 N–H and O–H groups in total. The summed E-state index contributed by atoms with van der Waals surface area (Å²) in [5.41, 5.74) is -0.685. The molecule has 0 fully saturated rings. The van der Waals surface area contributed by atoms with Crippen molar-refractivity contribution in [3.8, 4) is 11.8 Å². The molecule has 1 amide bonds. The number of aromatic nitrogens is 3. The minimum Gasteiger partial charge on any atom is -0.465 e. The zero-order chi connectivity index (χ0) is 20.3. The number of halogens is 2. The Morgan fingerprint density at radius 3 is 2.71 bits per heavy atom. The summed E-state index contributed by atoms with van der Waals surface area (Å²) in [5, 5.41) is 20.0. The molecule has 0 radical (unpaired) electrons. The molecule has 0 aliphatic carbocycles. The Morgan fingerprint density at radius 1 is 1.25 bits per heavy atom. The Balaban J connectivity index is 2.21. The van der Waals surface area contributed by atoms with Crippen LogP contribution in [0, 0.1) is 23.0 Å². The lowest BCUT2D eigenvalue weighted by Crippen LogP contribution is -2.26. The number of nitriles is 1. The first-order valence-electron chi connectivity index (χ1n) is 8.13. The monoisotopic (exact) mass is 385 g/mol. The molecule has 8 nitrogen and oxygen atoms in total. The van der Waals surface area contributed by atoms with Crippen LogP contribution in [0.15, 0.2) is 35.4 Å². The van der Waals surface area contributed by atoms with Gasteiger partial charge in [-0.2, -0.15) is 5.26 Å². The van der Waals surface area contributed by atoms with Crippen LogP contribution in [0.1, 0.15) is 17.8 Å². The summed E-state index contributed by atoms with van der Waals surface area (Å²) in [6, 6.07) is 4.81. The Morgan fingerprint density at radius 2 is 2.04 bits per heavy atom. The van der Waals surface area contributed by atoms with Crippen molar-refractivity contribution in [2.75, 3.05) is 6.54 Å². The normalized spacial score (nSPS) is 10.6. The predicted octanol–water partition coefficient (Wildman–Crippen LogP) is 2.13. The quantitative estimate of drug-likeness (QED) is 0.649. The van der Waals surface area contributed by atoms with Crippen LogP contribution < -0.4 is 10.9 Å². The fraction of sp³-hybridized carbons (Fsp3) is 0.167. The van der Waals surface area contributed by atoms with Gasteiger partial charge in [0.1, 0.15) is 23.5 Å². The first-order valence-corrected chi connectivity index (χ1v) is 8.13. The van der Waals surface area contributed by atoms with Gasteiger partial charge in [-0.05, 0) is 18.6 Å². The highest BCUT2D eigenvalue weighted by molar-refractivity contribution is 5.83. The standard InChI is InChI=1S/C18H13F2N5O3/c19-11-4-10(7-21)16-14(6-11)17(26)25(13-5-12(20)8-22-9-13)15(24-16)2-1-3-23-18(27)28/h4-6,8-9,23H,1-3H2,(H,27,28). The van der Waals surface area contributed by atoms with Crippen molar-refractivity contribution in [3.05, 3.63) is 64.0 Å². The summed E-state index contributed by atoms with van der Waals surface area (Å²) in [7, 11) is 0. The number of hydrogen-bond donors (Lipinski definition) is 2. The van der Waals surface area contributed by atoms with Crippen molar-refractivity contribution in [1.29, 1.82) is 5.26 Å². The number of aryl methyl sites for hydroxylation is 1. The largest absolute Gasteiger partial charge is 0.465 e. The van der Waals surface area contributed by atoms with Gasteiger partial charge in [-0.25, -0.2) is 18.6 Å². The SMILES string of the molecule is N#Cc1cc(F)cc2c(=O)n(-c3cncc(F)c3)c(CCCNC(=O)O)nc12. The summed E-state index contributed by atoms with van der Waals surface area (Å²) in [6.45, 7) is 0.0964.